The molecule has 3 atom stereocenters. The van der Waals surface area contributed by atoms with Gasteiger partial charge >= 0.3 is 0 Å². The van der Waals surface area contributed by atoms with Gasteiger partial charge in [0.25, 0.3) is 5.91 Å². The molecule has 2 saturated heterocycles. The topological polar surface area (TPSA) is 88.2 Å². The second-order valence-corrected chi connectivity index (χ2v) is 9.99. The van der Waals surface area contributed by atoms with Crippen molar-refractivity contribution in [3.8, 4) is 5.75 Å². The van der Waals surface area contributed by atoms with Crippen molar-refractivity contribution in [1.82, 2.24) is 15.1 Å². The number of nitrogens with one attached hydrogen (secondary N) is 1. The number of fused-ring (bicyclic) bond motifs is 1. The highest BCUT2D eigenvalue weighted by molar-refractivity contribution is 6.05. The van der Waals surface area contributed by atoms with E-state index < -0.39 is 6.04 Å². The van der Waals surface area contributed by atoms with Crippen molar-refractivity contribution in [2.75, 3.05) is 13.1 Å². The van der Waals surface area contributed by atoms with Gasteiger partial charge in [0, 0.05) is 37.7 Å². The molecule has 1 unspecified atom stereocenters. The van der Waals surface area contributed by atoms with Gasteiger partial charge in [0.2, 0.25) is 11.8 Å². The minimum absolute atomic E-state index is 0.125. The van der Waals surface area contributed by atoms with E-state index in [4.69, 9.17) is 9.47 Å². The van der Waals surface area contributed by atoms with Crippen LogP contribution in [0.15, 0.2) is 18.2 Å². The van der Waals surface area contributed by atoms with Crippen LogP contribution >= 0.6 is 0 Å². The second kappa shape index (κ2) is 9.06. The molecule has 3 aliphatic heterocycles. The monoisotopic (exact) mass is 455 g/mol. The first-order chi connectivity index (χ1) is 15.9. The van der Waals surface area contributed by atoms with Crippen LogP contribution in [-0.4, -0.2) is 71.0 Å². The molecule has 3 fully saturated rings. The number of amides is 3. The number of ether oxygens (including phenoxy) is 2. The lowest BCUT2D eigenvalue weighted by atomic mass is 9.89. The number of hydrogen-bond acceptors (Lipinski definition) is 6. The number of piperidine rings is 1. The third-order valence-corrected chi connectivity index (χ3v) is 7.26. The minimum Gasteiger partial charge on any atom is -0.489 e. The highest BCUT2D eigenvalue weighted by Crippen LogP contribution is 2.34. The summed E-state index contributed by atoms with van der Waals surface area (Å²) in [6.07, 6.45) is 5.86. The Bertz CT molecular complexity index is 942. The maximum atomic E-state index is 12.9. The number of likely N-dealkylation sites (tertiary alicyclic amines) is 1. The predicted octanol–water partition coefficient (Wildman–Crippen LogP) is 2.25. The Kier molecular flexibility index (Phi) is 6.14. The molecule has 5 rings (SSSR count). The summed E-state index contributed by atoms with van der Waals surface area (Å²) in [6, 6.07) is 5.43. The van der Waals surface area contributed by atoms with E-state index in [1.807, 2.05) is 18.2 Å². The van der Waals surface area contributed by atoms with Gasteiger partial charge in [-0.25, -0.2) is 0 Å². The number of imide groups is 1. The van der Waals surface area contributed by atoms with Gasteiger partial charge in [0.05, 0.1) is 12.2 Å². The molecule has 8 heteroatoms. The molecule has 0 bridgehead atoms. The van der Waals surface area contributed by atoms with Gasteiger partial charge < -0.3 is 14.4 Å². The summed E-state index contributed by atoms with van der Waals surface area (Å²) in [4.78, 5) is 40.7. The Morgan fingerprint density at radius 2 is 1.85 bits per heavy atom. The predicted molar refractivity (Wildman–Crippen MR) is 121 cm³/mol. The van der Waals surface area contributed by atoms with Crippen molar-refractivity contribution in [3.05, 3.63) is 29.3 Å². The van der Waals surface area contributed by atoms with Crippen LogP contribution in [-0.2, 0) is 20.9 Å². The summed E-state index contributed by atoms with van der Waals surface area (Å²) in [6.45, 7) is 6.45. The summed E-state index contributed by atoms with van der Waals surface area (Å²) in [5.74, 6) is -0.0388. The van der Waals surface area contributed by atoms with Crippen LogP contribution in [0.2, 0.25) is 0 Å². The zero-order valence-electron chi connectivity index (χ0n) is 19.4. The summed E-state index contributed by atoms with van der Waals surface area (Å²) in [7, 11) is 0. The summed E-state index contributed by atoms with van der Waals surface area (Å²) >= 11 is 0. The van der Waals surface area contributed by atoms with Crippen LogP contribution in [0.25, 0.3) is 0 Å². The Morgan fingerprint density at radius 3 is 2.61 bits per heavy atom. The Balaban J connectivity index is 1.24. The lowest BCUT2D eigenvalue weighted by Crippen LogP contribution is -2.61. The highest BCUT2D eigenvalue weighted by Gasteiger charge is 2.41. The summed E-state index contributed by atoms with van der Waals surface area (Å²) in [5.41, 5.74) is 1.49. The van der Waals surface area contributed by atoms with Crippen LogP contribution in [0.4, 0.5) is 0 Å². The number of nitrogens with zero attached hydrogens (tertiary/aromatic N) is 2. The number of carbonyl (C=O) groups is 3. The van der Waals surface area contributed by atoms with Crippen LogP contribution in [0.5, 0.6) is 5.75 Å². The van der Waals surface area contributed by atoms with E-state index >= 15 is 0 Å². The molecular formula is C25H33N3O5. The van der Waals surface area contributed by atoms with Gasteiger partial charge in [-0.15, -0.1) is 0 Å². The second-order valence-electron chi connectivity index (χ2n) is 9.99. The van der Waals surface area contributed by atoms with Crippen molar-refractivity contribution in [2.45, 2.75) is 89.3 Å². The molecule has 3 heterocycles. The first kappa shape index (κ1) is 22.3. The standard InChI is InChI=1S/C25H33N3O5/c1-15(2)32-18-13-27(14-18)20-5-3-4-6-22(20)33-17-7-8-19-16(11-17)12-28(25(19)31)21-9-10-23(29)26-24(21)30/h7-8,11,15,18,20-22H,3-6,9-10,12-14H2,1-2H3,(H,26,29,30)/t20-,21?,22-/m0/s1. The molecule has 1 saturated carbocycles. The van der Waals surface area contributed by atoms with Gasteiger partial charge in [0.15, 0.2) is 0 Å². The molecule has 3 amide bonds. The van der Waals surface area contributed by atoms with Crippen LogP contribution in [0.1, 0.15) is 68.3 Å². The third-order valence-electron chi connectivity index (χ3n) is 7.26. The Hall–Kier alpha value is -2.45. The first-order valence-electron chi connectivity index (χ1n) is 12.2. The molecule has 178 valence electrons. The molecule has 1 aromatic carbocycles. The number of carbonyl (C=O) groups excluding carboxylic acids is 3. The molecule has 0 spiro atoms. The quantitative estimate of drug-likeness (QED) is 0.662. The zero-order valence-corrected chi connectivity index (χ0v) is 19.4. The van der Waals surface area contributed by atoms with Gasteiger partial charge in [-0.3, -0.25) is 24.6 Å². The van der Waals surface area contributed by atoms with Crippen molar-refractivity contribution in [2.24, 2.45) is 0 Å². The van der Waals surface area contributed by atoms with Gasteiger partial charge in [-0.1, -0.05) is 6.42 Å². The van der Waals surface area contributed by atoms with E-state index in [1.165, 1.54) is 6.42 Å². The number of hydrogen-bond donors (Lipinski definition) is 1. The number of benzene rings is 1. The fraction of sp³-hybridized carbons (Fsp3) is 0.640. The molecule has 8 nitrogen and oxygen atoms in total. The SMILES string of the molecule is CC(C)OC1CN([C@H]2CCCC[C@@H]2Oc2ccc3c(c2)CN(C2CCC(=O)NC2=O)C3=O)C1. The lowest BCUT2D eigenvalue weighted by Gasteiger charge is -2.48. The molecule has 0 aromatic heterocycles. The molecule has 1 N–H and O–H groups in total. The minimum atomic E-state index is -0.595. The highest BCUT2D eigenvalue weighted by atomic mass is 16.5. The third kappa shape index (κ3) is 4.51. The zero-order chi connectivity index (χ0) is 23.1. The van der Waals surface area contributed by atoms with E-state index in [1.54, 1.807) is 4.90 Å². The van der Waals surface area contributed by atoms with Crippen LogP contribution in [0.3, 0.4) is 0 Å². The summed E-state index contributed by atoms with van der Waals surface area (Å²) in [5, 5.41) is 2.35. The average molecular weight is 456 g/mol. The largest absolute Gasteiger partial charge is 0.489 e. The first-order valence-corrected chi connectivity index (χ1v) is 12.2. The molecule has 1 aromatic rings. The van der Waals surface area contributed by atoms with Crippen LogP contribution < -0.4 is 10.1 Å². The van der Waals surface area contributed by atoms with Crippen molar-refractivity contribution < 1.29 is 23.9 Å². The molecule has 0 radical (unpaired) electrons. The fourth-order valence-corrected chi connectivity index (χ4v) is 5.64. The van der Waals surface area contributed by atoms with E-state index in [0.717, 1.165) is 43.7 Å². The Labute approximate surface area is 194 Å². The van der Waals surface area contributed by atoms with Gasteiger partial charge in [-0.05, 0) is 63.3 Å². The van der Waals surface area contributed by atoms with E-state index in [-0.39, 0.29) is 36.4 Å². The normalized spacial score (nSPS) is 28.6. The fourth-order valence-electron chi connectivity index (χ4n) is 5.64. The van der Waals surface area contributed by atoms with Crippen molar-refractivity contribution >= 4 is 17.7 Å². The molecule has 4 aliphatic rings. The average Bonchev–Trinajstić information content (AvgIpc) is 3.06. The van der Waals surface area contributed by atoms with Crippen molar-refractivity contribution in [1.29, 1.82) is 0 Å². The summed E-state index contributed by atoms with van der Waals surface area (Å²) < 4.78 is 12.4. The maximum Gasteiger partial charge on any atom is 0.255 e. The van der Waals surface area contributed by atoms with E-state index in [0.29, 0.717) is 30.7 Å². The van der Waals surface area contributed by atoms with Gasteiger partial charge in [0.1, 0.15) is 17.9 Å². The maximum absolute atomic E-state index is 12.9. The molecule has 33 heavy (non-hydrogen) atoms. The van der Waals surface area contributed by atoms with E-state index in [9.17, 15) is 14.4 Å². The van der Waals surface area contributed by atoms with Crippen molar-refractivity contribution in [3.63, 3.8) is 0 Å². The molecule has 1 aliphatic carbocycles. The van der Waals surface area contributed by atoms with Crippen LogP contribution in [0, 0.1) is 0 Å². The smallest absolute Gasteiger partial charge is 0.255 e. The van der Waals surface area contributed by atoms with Gasteiger partial charge in [-0.2, -0.15) is 0 Å². The van der Waals surface area contributed by atoms with E-state index in [2.05, 4.69) is 24.1 Å². The number of rotatable bonds is 6. The molecular weight excluding hydrogens is 422 g/mol. The lowest BCUT2D eigenvalue weighted by molar-refractivity contribution is -0.136. The Morgan fingerprint density at radius 1 is 1.06 bits per heavy atom.